The predicted molar refractivity (Wildman–Crippen MR) is 124 cm³/mol. The Morgan fingerprint density at radius 1 is 1.09 bits per heavy atom. The predicted octanol–water partition coefficient (Wildman–Crippen LogP) is 3.09. The number of nitrogens with zero attached hydrogens (tertiary/aromatic N) is 3. The minimum Gasteiger partial charge on any atom is -0.376 e. The van der Waals surface area contributed by atoms with E-state index in [4.69, 9.17) is 4.74 Å². The number of ether oxygens (including phenoxy) is 1. The molecule has 2 unspecified atom stereocenters. The van der Waals surface area contributed by atoms with E-state index in [9.17, 15) is 14.4 Å². The summed E-state index contributed by atoms with van der Waals surface area (Å²) in [6, 6.07) is 13.8. The highest BCUT2D eigenvalue weighted by molar-refractivity contribution is 6.05. The number of aromatic nitrogens is 2. The summed E-state index contributed by atoms with van der Waals surface area (Å²) in [6.45, 7) is 2.57. The number of nitrogens with one attached hydrogen (secondary N) is 2. The van der Waals surface area contributed by atoms with Crippen LogP contribution in [-0.2, 0) is 19.1 Å². The van der Waals surface area contributed by atoms with Gasteiger partial charge in [0.15, 0.2) is 0 Å². The number of hydrogen-bond donors (Lipinski definition) is 2. The molecular weight excluding hydrogens is 422 g/mol. The van der Waals surface area contributed by atoms with Gasteiger partial charge in [-0.05, 0) is 49.2 Å². The Bertz CT molecular complexity index is 1210. The Morgan fingerprint density at radius 2 is 1.82 bits per heavy atom. The average Bonchev–Trinajstić information content (AvgIpc) is 3.49. The number of amides is 3. The van der Waals surface area contributed by atoms with Gasteiger partial charge in [0.2, 0.25) is 17.8 Å². The van der Waals surface area contributed by atoms with Crippen LogP contribution in [0.5, 0.6) is 0 Å². The van der Waals surface area contributed by atoms with E-state index in [1.165, 1.54) is 6.92 Å². The van der Waals surface area contributed by atoms with E-state index >= 15 is 0 Å². The Kier molecular flexibility index (Phi) is 5.55. The monoisotopic (exact) mass is 447 g/mol. The maximum absolute atomic E-state index is 13.4. The second kappa shape index (κ2) is 8.67. The first-order chi connectivity index (χ1) is 16.0. The molecule has 0 spiro atoms. The van der Waals surface area contributed by atoms with Crippen molar-refractivity contribution in [3.63, 3.8) is 0 Å². The molecule has 9 heteroatoms. The zero-order chi connectivity index (χ0) is 22.9. The molecule has 0 saturated carbocycles. The van der Waals surface area contributed by atoms with Gasteiger partial charge in [0, 0.05) is 24.9 Å². The van der Waals surface area contributed by atoms with Crippen molar-refractivity contribution in [1.29, 1.82) is 0 Å². The van der Waals surface area contributed by atoms with Gasteiger partial charge in [-0.25, -0.2) is 4.98 Å². The summed E-state index contributed by atoms with van der Waals surface area (Å²) < 4.78 is 7.61. The first kappa shape index (κ1) is 21.1. The summed E-state index contributed by atoms with van der Waals surface area (Å²) >= 11 is 0. The number of carbonyl (C=O) groups is 3. The van der Waals surface area contributed by atoms with Crippen molar-refractivity contribution in [2.75, 3.05) is 28.7 Å². The van der Waals surface area contributed by atoms with E-state index < -0.39 is 6.04 Å². The van der Waals surface area contributed by atoms with Crippen LogP contribution in [0.25, 0.3) is 11.0 Å². The van der Waals surface area contributed by atoms with E-state index in [2.05, 4.69) is 15.6 Å². The van der Waals surface area contributed by atoms with E-state index in [1.54, 1.807) is 29.2 Å². The molecule has 5 rings (SSSR count). The Morgan fingerprint density at radius 3 is 2.52 bits per heavy atom. The number of fused-ring (bicyclic) bond motifs is 3. The van der Waals surface area contributed by atoms with Crippen LogP contribution in [-0.4, -0.2) is 46.5 Å². The standard InChI is InChI=1S/C24H25N5O4/c1-15(30)25-16-8-10-17(11-9-16)26-22(31)13-21-23(32)28(14-18-5-4-12-33-18)24-27-19-6-2-3-7-20(19)29(21)24/h2-3,6-11,18,21H,4-5,12-14H2,1H3,(H,25,30)(H,26,31). The van der Waals surface area contributed by atoms with Gasteiger partial charge in [0.25, 0.3) is 5.91 Å². The lowest BCUT2D eigenvalue weighted by Crippen LogP contribution is -2.37. The quantitative estimate of drug-likeness (QED) is 0.604. The minimum atomic E-state index is -0.674. The van der Waals surface area contributed by atoms with Gasteiger partial charge in [-0.3, -0.25) is 23.9 Å². The lowest BCUT2D eigenvalue weighted by atomic mass is 10.1. The molecule has 2 N–H and O–H groups in total. The second-order valence-electron chi connectivity index (χ2n) is 8.38. The molecule has 3 amide bonds. The van der Waals surface area contributed by atoms with Crippen molar-refractivity contribution in [2.24, 2.45) is 0 Å². The normalized spacial score (nSPS) is 19.7. The highest BCUT2D eigenvalue weighted by atomic mass is 16.5. The van der Waals surface area contributed by atoms with Crippen LogP contribution >= 0.6 is 0 Å². The third-order valence-electron chi connectivity index (χ3n) is 5.96. The van der Waals surface area contributed by atoms with Crippen LogP contribution in [0, 0.1) is 0 Å². The number of para-hydroxylation sites is 2. The smallest absolute Gasteiger partial charge is 0.253 e. The van der Waals surface area contributed by atoms with Gasteiger partial charge >= 0.3 is 0 Å². The molecule has 1 saturated heterocycles. The van der Waals surface area contributed by atoms with Gasteiger partial charge in [-0.1, -0.05) is 12.1 Å². The van der Waals surface area contributed by atoms with Crippen molar-refractivity contribution in [1.82, 2.24) is 9.55 Å². The Hall–Kier alpha value is -3.72. The lowest BCUT2D eigenvalue weighted by molar-refractivity contribution is -0.124. The van der Waals surface area contributed by atoms with Gasteiger partial charge in [-0.2, -0.15) is 0 Å². The number of benzene rings is 2. The van der Waals surface area contributed by atoms with Gasteiger partial charge < -0.3 is 15.4 Å². The van der Waals surface area contributed by atoms with Crippen LogP contribution < -0.4 is 15.5 Å². The molecule has 0 aliphatic carbocycles. The molecule has 9 nitrogen and oxygen atoms in total. The van der Waals surface area contributed by atoms with Gasteiger partial charge in [0.05, 0.1) is 30.1 Å². The molecule has 3 heterocycles. The van der Waals surface area contributed by atoms with Crippen molar-refractivity contribution in [3.8, 4) is 0 Å². The van der Waals surface area contributed by atoms with E-state index in [0.29, 0.717) is 30.5 Å². The third kappa shape index (κ3) is 4.19. The molecule has 1 aromatic heterocycles. The molecule has 3 aromatic rings. The van der Waals surface area contributed by atoms with Crippen molar-refractivity contribution < 1.29 is 19.1 Å². The summed E-state index contributed by atoms with van der Waals surface area (Å²) in [5.74, 6) is -0.0187. The highest BCUT2D eigenvalue weighted by Gasteiger charge is 2.42. The Labute approximate surface area is 190 Å². The van der Waals surface area contributed by atoms with Crippen LogP contribution in [0.2, 0.25) is 0 Å². The SMILES string of the molecule is CC(=O)Nc1ccc(NC(=O)CC2C(=O)N(CC3CCCO3)c3nc4ccccc4n32)cc1. The molecule has 2 aromatic carbocycles. The summed E-state index contributed by atoms with van der Waals surface area (Å²) in [7, 11) is 0. The first-order valence-electron chi connectivity index (χ1n) is 11.1. The second-order valence-corrected chi connectivity index (χ2v) is 8.38. The van der Waals surface area contributed by atoms with Gasteiger partial charge in [0.1, 0.15) is 6.04 Å². The molecular formula is C24H25N5O4. The third-order valence-corrected chi connectivity index (χ3v) is 5.96. The fraction of sp³-hybridized carbons (Fsp3) is 0.333. The maximum atomic E-state index is 13.4. The number of imidazole rings is 1. The van der Waals surface area contributed by atoms with Crippen LogP contribution in [0.3, 0.4) is 0 Å². The lowest BCUT2D eigenvalue weighted by Gasteiger charge is -2.19. The van der Waals surface area contributed by atoms with Crippen molar-refractivity contribution >= 4 is 46.1 Å². The van der Waals surface area contributed by atoms with Crippen LogP contribution in [0.1, 0.15) is 32.2 Å². The summed E-state index contributed by atoms with van der Waals surface area (Å²) in [4.78, 5) is 43.8. The summed E-state index contributed by atoms with van der Waals surface area (Å²) in [5.41, 5.74) is 2.85. The maximum Gasteiger partial charge on any atom is 0.253 e. The Balaban J connectivity index is 1.36. The average molecular weight is 447 g/mol. The zero-order valence-electron chi connectivity index (χ0n) is 18.3. The first-order valence-corrected chi connectivity index (χ1v) is 11.1. The van der Waals surface area contributed by atoms with Crippen molar-refractivity contribution in [2.45, 2.75) is 38.3 Å². The molecule has 2 aliphatic heterocycles. The fourth-order valence-corrected chi connectivity index (χ4v) is 4.49. The molecule has 0 bridgehead atoms. The van der Waals surface area contributed by atoms with Crippen LogP contribution in [0.4, 0.5) is 17.3 Å². The number of carbonyl (C=O) groups excluding carboxylic acids is 3. The summed E-state index contributed by atoms with van der Waals surface area (Å²) in [5, 5.41) is 5.54. The molecule has 170 valence electrons. The number of anilines is 3. The molecule has 33 heavy (non-hydrogen) atoms. The van der Waals surface area contributed by atoms with Crippen LogP contribution in [0.15, 0.2) is 48.5 Å². The zero-order valence-corrected chi connectivity index (χ0v) is 18.3. The van der Waals surface area contributed by atoms with Crippen molar-refractivity contribution in [3.05, 3.63) is 48.5 Å². The molecule has 0 radical (unpaired) electrons. The highest BCUT2D eigenvalue weighted by Crippen LogP contribution is 2.37. The molecule has 1 fully saturated rings. The molecule has 2 aliphatic rings. The topological polar surface area (TPSA) is 106 Å². The minimum absolute atomic E-state index is 0.0122. The van der Waals surface area contributed by atoms with E-state index in [-0.39, 0.29) is 30.2 Å². The van der Waals surface area contributed by atoms with Gasteiger partial charge in [-0.15, -0.1) is 0 Å². The number of rotatable bonds is 6. The number of hydrogen-bond acceptors (Lipinski definition) is 5. The summed E-state index contributed by atoms with van der Waals surface area (Å²) in [6.07, 6.45) is 1.86. The van der Waals surface area contributed by atoms with E-state index in [1.807, 2.05) is 28.8 Å². The fourth-order valence-electron chi connectivity index (χ4n) is 4.49. The molecule has 2 atom stereocenters. The largest absolute Gasteiger partial charge is 0.376 e. The van der Waals surface area contributed by atoms with E-state index in [0.717, 1.165) is 23.9 Å².